The fourth-order valence-electron chi connectivity index (χ4n) is 2.56. The summed E-state index contributed by atoms with van der Waals surface area (Å²) >= 11 is 0. The number of nitrogens with zero attached hydrogens (tertiary/aromatic N) is 1. The van der Waals surface area contributed by atoms with Gasteiger partial charge in [-0.05, 0) is 48.4 Å². The molecule has 7 nitrogen and oxygen atoms in total. The van der Waals surface area contributed by atoms with Crippen LogP contribution in [0.3, 0.4) is 0 Å². The summed E-state index contributed by atoms with van der Waals surface area (Å²) in [4.78, 5) is 28.7. The summed E-state index contributed by atoms with van der Waals surface area (Å²) in [7, 11) is 1.62. The van der Waals surface area contributed by atoms with Gasteiger partial charge in [0.15, 0.2) is 0 Å². The molecule has 0 fully saturated rings. The molecular weight excluding hydrogens is 358 g/mol. The van der Waals surface area contributed by atoms with Gasteiger partial charge in [-0.25, -0.2) is 4.98 Å². The molecular formula is C21H21N3O4. The lowest BCUT2D eigenvalue weighted by Crippen LogP contribution is -2.28. The number of carbonyl (C=O) groups is 2. The Labute approximate surface area is 162 Å². The summed E-state index contributed by atoms with van der Waals surface area (Å²) in [5.41, 5.74) is 1.45. The number of carbonyl (C=O) groups excluding carboxylic acids is 2. The van der Waals surface area contributed by atoms with Crippen LogP contribution < -0.4 is 15.4 Å². The van der Waals surface area contributed by atoms with Crippen molar-refractivity contribution in [2.24, 2.45) is 0 Å². The Balaban J connectivity index is 1.51. The van der Waals surface area contributed by atoms with Gasteiger partial charge in [0, 0.05) is 6.54 Å². The first-order chi connectivity index (χ1) is 13.7. The number of ether oxygens (including phenoxy) is 1. The molecule has 0 aliphatic carbocycles. The van der Waals surface area contributed by atoms with Crippen LogP contribution in [0.1, 0.15) is 32.3 Å². The summed E-state index contributed by atoms with van der Waals surface area (Å²) < 4.78 is 10.3. The second kappa shape index (κ2) is 9.36. The number of nitrogens with one attached hydrogen (secondary N) is 2. The SMILES string of the molecule is COc1ccc(CCNC(=O)c2cccc(C(=O)NCc3ccco3)n2)cc1. The Hall–Kier alpha value is -3.61. The van der Waals surface area contributed by atoms with Crippen molar-refractivity contribution in [1.82, 2.24) is 15.6 Å². The Kier molecular flexibility index (Phi) is 6.41. The predicted octanol–water partition coefficient (Wildman–Crippen LogP) is 2.59. The van der Waals surface area contributed by atoms with Gasteiger partial charge in [-0.1, -0.05) is 18.2 Å². The van der Waals surface area contributed by atoms with Gasteiger partial charge in [0.2, 0.25) is 0 Å². The molecule has 2 N–H and O–H groups in total. The topological polar surface area (TPSA) is 93.5 Å². The van der Waals surface area contributed by atoms with E-state index in [1.54, 1.807) is 37.4 Å². The normalized spacial score (nSPS) is 10.3. The zero-order chi connectivity index (χ0) is 19.8. The predicted molar refractivity (Wildman–Crippen MR) is 103 cm³/mol. The van der Waals surface area contributed by atoms with Crippen molar-refractivity contribution in [3.05, 3.63) is 83.6 Å². The van der Waals surface area contributed by atoms with Crippen molar-refractivity contribution >= 4 is 11.8 Å². The number of hydrogen-bond donors (Lipinski definition) is 2. The van der Waals surface area contributed by atoms with E-state index >= 15 is 0 Å². The van der Waals surface area contributed by atoms with Crippen LogP contribution in [0.5, 0.6) is 5.75 Å². The summed E-state index contributed by atoms with van der Waals surface area (Å²) in [5, 5.41) is 5.52. The Morgan fingerprint density at radius 2 is 1.68 bits per heavy atom. The van der Waals surface area contributed by atoms with Gasteiger partial charge in [0.1, 0.15) is 22.9 Å². The molecule has 0 atom stereocenters. The molecule has 3 rings (SSSR count). The molecule has 0 spiro atoms. The molecule has 144 valence electrons. The molecule has 0 aliphatic rings. The van der Waals surface area contributed by atoms with Crippen LogP contribution in [0.4, 0.5) is 0 Å². The lowest BCUT2D eigenvalue weighted by molar-refractivity contribution is 0.0940. The second-order valence-corrected chi connectivity index (χ2v) is 6.02. The third-order valence-corrected chi connectivity index (χ3v) is 4.08. The van der Waals surface area contributed by atoms with Crippen molar-refractivity contribution in [3.63, 3.8) is 0 Å². The number of amides is 2. The summed E-state index contributed by atoms with van der Waals surface area (Å²) in [6, 6.07) is 15.9. The van der Waals surface area contributed by atoms with Crippen molar-refractivity contribution in [2.75, 3.05) is 13.7 Å². The highest BCUT2D eigenvalue weighted by molar-refractivity contribution is 5.96. The molecule has 0 saturated carbocycles. The number of rotatable bonds is 8. The zero-order valence-electron chi connectivity index (χ0n) is 15.5. The molecule has 0 radical (unpaired) electrons. The third-order valence-electron chi connectivity index (χ3n) is 4.08. The number of pyridine rings is 1. The van der Waals surface area contributed by atoms with Crippen LogP contribution in [0.2, 0.25) is 0 Å². The number of benzene rings is 1. The van der Waals surface area contributed by atoms with Crippen molar-refractivity contribution in [1.29, 1.82) is 0 Å². The average molecular weight is 379 g/mol. The van der Waals surface area contributed by atoms with E-state index in [-0.39, 0.29) is 29.7 Å². The molecule has 1 aromatic carbocycles. The minimum atomic E-state index is -0.371. The minimum Gasteiger partial charge on any atom is -0.497 e. The maximum Gasteiger partial charge on any atom is 0.270 e. The number of methoxy groups -OCH3 is 1. The summed E-state index contributed by atoms with van der Waals surface area (Å²) in [5.74, 6) is 0.735. The van der Waals surface area contributed by atoms with Gasteiger partial charge in [0.05, 0.1) is 19.9 Å². The van der Waals surface area contributed by atoms with E-state index in [0.29, 0.717) is 18.7 Å². The third kappa shape index (κ3) is 5.20. The van der Waals surface area contributed by atoms with E-state index in [1.807, 2.05) is 24.3 Å². The Bertz CT molecular complexity index is 921. The van der Waals surface area contributed by atoms with E-state index in [1.165, 1.54) is 6.26 Å². The van der Waals surface area contributed by atoms with Crippen molar-refractivity contribution < 1.29 is 18.7 Å². The number of hydrogen-bond acceptors (Lipinski definition) is 5. The molecule has 28 heavy (non-hydrogen) atoms. The van der Waals surface area contributed by atoms with Gasteiger partial charge in [-0.15, -0.1) is 0 Å². The summed E-state index contributed by atoms with van der Waals surface area (Å²) in [6.07, 6.45) is 2.22. The van der Waals surface area contributed by atoms with Crippen molar-refractivity contribution in [2.45, 2.75) is 13.0 Å². The number of aromatic nitrogens is 1. The molecule has 0 saturated heterocycles. The first-order valence-electron chi connectivity index (χ1n) is 8.84. The maximum atomic E-state index is 12.3. The van der Waals surface area contributed by atoms with Gasteiger partial charge >= 0.3 is 0 Å². The van der Waals surface area contributed by atoms with E-state index < -0.39 is 0 Å². The first kappa shape index (κ1) is 19.2. The highest BCUT2D eigenvalue weighted by Gasteiger charge is 2.12. The first-order valence-corrected chi connectivity index (χ1v) is 8.84. The van der Waals surface area contributed by atoms with Gasteiger partial charge in [-0.2, -0.15) is 0 Å². The Morgan fingerprint density at radius 1 is 0.964 bits per heavy atom. The molecule has 7 heteroatoms. The van der Waals surface area contributed by atoms with Crippen LogP contribution in [-0.4, -0.2) is 30.5 Å². The standard InChI is InChI=1S/C21H21N3O4/c1-27-16-9-7-15(8-10-16)11-12-22-20(25)18-5-2-6-19(24-18)21(26)23-14-17-4-3-13-28-17/h2-10,13H,11-12,14H2,1H3,(H,22,25)(H,23,26). The molecule has 2 aromatic heterocycles. The highest BCUT2D eigenvalue weighted by Crippen LogP contribution is 2.11. The maximum absolute atomic E-state index is 12.3. The van der Waals surface area contributed by atoms with E-state index in [2.05, 4.69) is 15.6 Å². The fraction of sp³-hybridized carbons (Fsp3) is 0.190. The molecule has 3 aromatic rings. The zero-order valence-corrected chi connectivity index (χ0v) is 15.5. The minimum absolute atomic E-state index is 0.175. The largest absolute Gasteiger partial charge is 0.497 e. The fourth-order valence-corrected chi connectivity index (χ4v) is 2.56. The van der Waals surface area contributed by atoms with Crippen LogP contribution in [0.25, 0.3) is 0 Å². The summed E-state index contributed by atoms with van der Waals surface area (Å²) in [6.45, 7) is 0.716. The van der Waals surface area contributed by atoms with Crippen LogP contribution in [0, 0.1) is 0 Å². The smallest absolute Gasteiger partial charge is 0.270 e. The molecule has 0 unspecified atom stereocenters. The average Bonchev–Trinajstić information content (AvgIpc) is 3.26. The lowest BCUT2D eigenvalue weighted by atomic mass is 10.1. The monoisotopic (exact) mass is 379 g/mol. The van der Waals surface area contributed by atoms with E-state index in [9.17, 15) is 9.59 Å². The molecule has 2 heterocycles. The highest BCUT2D eigenvalue weighted by atomic mass is 16.5. The van der Waals surface area contributed by atoms with E-state index in [0.717, 1.165) is 11.3 Å². The lowest BCUT2D eigenvalue weighted by Gasteiger charge is -2.07. The van der Waals surface area contributed by atoms with Crippen LogP contribution in [0.15, 0.2) is 65.3 Å². The van der Waals surface area contributed by atoms with E-state index in [4.69, 9.17) is 9.15 Å². The number of furan rings is 1. The van der Waals surface area contributed by atoms with Gasteiger partial charge < -0.3 is 19.8 Å². The van der Waals surface area contributed by atoms with Gasteiger partial charge in [-0.3, -0.25) is 9.59 Å². The molecule has 0 aliphatic heterocycles. The Morgan fingerprint density at radius 3 is 2.32 bits per heavy atom. The van der Waals surface area contributed by atoms with Crippen LogP contribution >= 0.6 is 0 Å². The van der Waals surface area contributed by atoms with Crippen LogP contribution in [-0.2, 0) is 13.0 Å². The van der Waals surface area contributed by atoms with Crippen molar-refractivity contribution in [3.8, 4) is 5.75 Å². The molecule has 0 bridgehead atoms. The second-order valence-electron chi connectivity index (χ2n) is 6.02. The quantitative estimate of drug-likeness (QED) is 0.627. The molecule has 2 amide bonds. The van der Waals surface area contributed by atoms with Gasteiger partial charge in [0.25, 0.3) is 11.8 Å².